The van der Waals surface area contributed by atoms with Gasteiger partial charge >= 0.3 is 0 Å². The van der Waals surface area contributed by atoms with Gasteiger partial charge in [-0.3, -0.25) is 0 Å². The molecule has 2 N–H and O–H groups in total. The van der Waals surface area contributed by atoms with Crippen LogP contribution in [0, 0.1) is 0 Å². The molecule has 2 heterocycles. The molecule has 15 heavy (non-hydrogen) atoms. The van der Waals surface area contributed by atoms with Gasteiger partial charge in [0.15, 0.2) is 0 Å². The summed E-state index contributed by atoms with van der Waals surface area (Å²) in [5.41, 5.74) is 5.67. The molecule has 1 aliphatic rings. The second kappa shape index (κ2) is 4.47. The van der Waals surface area contributed by atoms with Gasteiger partial charge < -0.3 is 10.6 Å². The predicted molar refractivity (Wildman–Crippen MR) is 61.7 cm³/mol. The van der Waals surface area contributed by atoms with Gasteiger partial charge in [-0.1, -0.05) is 12.8 Å². The van der Waals surface area contributed by atoms with E-state index in [1.165, 1.54) is 25.7 Å². The molecule has 4 nitrogen and oxygen atoms in total. The zero-order chi connectivity index (χ0) is 10.7. The van der Waals surface area contributed by atoms with Gasteiger partial charge in [0.25, 0.3) is 0 Å². The van der Waals surface area contributed by atoms with E-state index in [1.54, 1.807) is 12.3 Å². The normalized spacial score (nSPS) is 22.5. The summed E-state index contributed by atoms with van der Waals surface area (Å²) in [4.78, 5) is 10.8. The van der Waals surface area contributed by atoms with E-state index >= 15 is 0 Å². The highest BCUT2D eigenvalue weighted by atomic mass is 15.3. The zero-order valence-corrected chi connectivity index (χ0v) is 9.19. The van der Waals surface area contributed by atoms with Crippen molar-refractivity contribution in [3.05, 3.63) is 12.3 Å². The number of rotatable bonds is 1. The summed E-state index contributed by atoms with van der Waals surface area (Å²) in [5, 5.41) is 0. The van der Waals surface area contributed by atoms with Crippen LogP contribution in [0.1, 0.15) is 32.6 Å². The van der Waals surface area contributed by atoms with Crippen LogP contribution in [0.15, 0.2) is 12.3 Å². The van der Waals surface area contributed by atoms with E-state index in [0.717, 1.165) is 12.5 Å². The minimum atomic E-state index is 0.522. The van der Waals surface area contributed by atoms with Gasteiger partial charge in [0, 0.05) is 18.8 Å². The number of nitrogen functional groups attached to an aromatic ring is 1. The van der Waals surface area contributed by atoms with Crippen LogP contribution in [0.4, 0.5) is 11.8 Å². The van der Waals surface area contributed by atoms with Crippen LogP contribution in [-0.4, -0.2) is 22.6 Å². The molecule has 0 saturated carbocycles. The van der Waals surface area contributed by atoms with Gasteiger partial charge in [-0.25, -0.2) is 4.98 Å². The summed E-state index contributed by atoms with van der Waals surface area (Å²) in [6, 6.07) is 2.25. The molecule has 1 atom stereocenters. The second-order valence-electron chi connectivity index (χ2n) is 4.17. The van der Waals surface area contributed by atoms with Crippen LogP contribution >= 0.6 is 0 Å². The molecular weight excluding hydrogens is 188 g/mol. The van der Waals surface area contributed by atoms with Crippen LogP contribution in [0.25, 0.3) is 0 Å². The molecule has 0 aromatic carbocycles. The first-order valence-corrected chi connectivity index (χ1v) is 5.62. The topological polar surface area (TPSA) is 55.0 Å². The third kappa shape index (κ3) is 2.37. The van der Waals surface area contributed by atoms with Crippen molar-refractivity contribution in [3.8, 4) is 0 Å². The van der Waals surface area contributed by atoms with Crippen LogP contribution in [0.5, 0.6) is 0 Å². The second-order valence-corrected chi connectivity index (χ2v) is 4.17. The smallest absolute Gasteiger partial charge is 0.227 e. The van der Waals surface area contributed by atoms with Crippen molar-refractivity contribution in [2.45, 2.75) is 38.6 Å². The van der Waals surface area contributed by atoms with Gasteiger partial charge in [-0.05, 0) is 25.8 Å². The maximum absolute atomic E-state index is 5.67. The molecule has 1 aromatic rings. The largest absolute Gasteiger partial charge is 0.384 e. The molecule has 1 aromatic heterocycles. The van der Waals surface area contributed by atoms with Gasteiger partial charge in [-0.15, -0.1) is 0 Å². The van der Waals surface area contributed by atoms with Gasteiger partial charge in [0.05, 0.1) is 0 Å². The van der Waals surface area contributed by atoms with E-state index in [2.05, 4.69) is 21.8 Å². The van der Waals surface area contributed by atoms with Crippen LogP contribution < -0.4 is 10.6 Å². The molecule has 1 saturated heterocycles. The fourth-order valence-corrected chi connectivity index (χ4v) is 2.07. The Labute approximate surface area is 90.5 Å². The highest BCUT2D eigenvalue weighted by Gasteiger charge is 2.19. The summed E-state index contributed by atoms with van der Waals surface area (Å²) in [5.74, 6) is 1.33. The fraction of sp³-hybridized carbons (Fsp3) is 0.636. The Bertz CT molecular complexity index is 326. The lowest BCUT2D eigenvalue weighted by atomic mass is 10.1. The molecule has 0 aliphatic carbocycles. The Morgan fingerprint density at radius 1 is 1.40 bits per heavy atom. The number of nitrogens with zero attached hydrogens (tertiary/aromatic N) is 3. The maximum Gasteiger partial charge on any atom is 0.227 e. The maximum atomic E-state index is 5.67. The fourth-order valence-electron chi connectivity index (χ4n) is 2.07. The number of hydrogen-bond acceptors (Lipinski definition) is 4. The molecule has 1 unspecified atom stereocenters. The van der Waals surface area contributed by atoms with Crippen molar-refractivity contribution >= 4 is 11.8 Å². The third-order valence-electron chi connectivity index (χ3n) is 2.97. The quantitative estimate of drug-likeness (QED) is 0.761. The Balaban J connectivity index is 2.20. The van der Waals surface area contributed by atoms with Crippen molar-refractivity contribution in [1.82, 2.24) is 9.97 Å². The number of anilines is 2. The highest BCUT2D eigenvalue weighted by molar-refractivity contribution is 5.38. The Morgan fingerprint density at radius 3 is 3.07 bits per heavy atom. The molecule has 0 spiro atoms. The first kappa shape index (κ1) is 10.2. The SMILES string of the molecule is CC1CCCCCN1c1nccc(N)n1. The van der Waals surface area contributed by atoms with E-state index in [0.29, 0.717) is 11.9 Å². The van der Waals surface area contributed by atoms with Crippen molar-refractivity contribution in [2.75, 3.05) is 17.2 Å². The third-order valence-corrected chi connectivity index (χ3v) is 2.97. The summed E-state index contributed by atoms with van der Waals surface area (Å²) < 4.78 is 0. The van der Waals surface area contributed by atoms with Crippen molar-refractivity contribution in [3.63, 3.8) is 0 Å². The zero-order valence-electron chi connectivity index (χ0n) is 9.19. The standard InChI is InChI=1S/C11H18N4/c1-9-5-3-2-4-8-15(9)11-13-7-6-10(12)14-11/h6-7,9H,2-5,8H2,1H3,(H2,12,13,14). The average molecular weight is 206 g/mol. The first-order valence-electron chi connectivity index (χ1n) is 5.62. The lowest BCUT2D eigenvalue weighted by Crippen LogP contribution is -2.34. The van der Waals surface area contributed by atoms with Gasteiger partial charge in [0.2, 0.25) is 5.95 Å². The highest BCUT2D eigenvalue weighted by Crippen LogP contribution is 2.20. The van der Waals surface area contributed by atoms with Gasteiger partial charge in [0.1, 0.15) is 5.82 Å². The molecule has 1 fully saturated rings. The molecular formula is C11H18N4. The molecule has 0 bridgehead atoms. The van der Waals surface area contributed by atoms with Crippen LogP contribution in [-0.2, 0) is 0 Å². The molecule has 0 radical (unpaired) electrons. The minimum Gasteiger partial charge on any atom is -0.384 e. The van der Waals surface area contributed by atoms with Crippen molar-refractivity contribution in [1.29, 1.82) is 0 Å². The summed E-state index contributed by atoms with van der Waals surface area (Å²) in [6.45, 7) is 3.28. The molecule has 0 amide bonds. The van der Waals surface area contributed by atoms with Gasteiger partial charge in [-0.2, -0.15) is 4.98 Å². The van der Waals surface area contributed by atoms with Crippen molar-refractivity contribution in [2.24, 2.45) is 0 Å². The average Bonchev–Trinajstić information content (AvgIpc) is 2.43. The number of aromatic nitrogens is 2. The minimum absolute atomic E-state index is 0.522. The molecule has 4 heteroatoms. The molecule has 2 rings (SSSR count). The number of nitrogens with two attached hydrogens (primary N) is 1. The summed E-state index contributed by atoms with van der Waals surface area (Å²) in [7, 11) is 0. The van der Waals surface area contributed by atoms with E-state index in [-0.39, 0.29) is 0 Å². The van der Waals surface area contributed by atoms with Crippen molar-refractivity contribution < 1.29 is 0 Å². The predicted octanol–water partition coefficient (Wildman–Crippen LogP) is 1.83. The van der Waals surface area contributed by atoms with Crippen LogP contribution in [0.3, 0.4) is 0 Å². The lowest BCUT2D eigenvalue weighted by molar-refractivity contribution is 0.605. The first-order chi connectivity index (χ1) is 7.27. The Hall–Kier alpha value is -1.32. The van der Waals surface area contributed by atoms with E-state index < -0.39 is 0 Å². The van der Waals surface area contributed by atoms with E-state index in [9.17, 15) is 0 Å². The summed E-state index contributed by atoms with van der Waals surface area (Å²) >= 11 is 0. The Kier molecular flexibility index (Phi) is 3.04. The Morgan fingerprint density at radius 2 is 2.27 bits per heavy atom. The van der Waals surface area contributed by atoms with Crippen LogP contribution in [0.2, 0.25) is 0 Å². The molecule has 1 aliphatic heterocycles. The van der Waals surface area contributed by atoms with E-state index in [4.69, 9.17) is 5.73 Å². The van der Waals surface area contributed by atoms with E-state index in [1.807, 2.05) is 0 Å². The number of hydrogen-bond donors (Lipinski definition) is 1. The monoisotopic (exact) mass is 206 g/mol. The summed E-state index contributed by atoms with van der Waals surface area (Å²) in [6.07, 6.45) is 6.79. The lowest BCUT2D eigenvalue weighted by Gasteiger charge is -2.26. The molecule has 82 valence electrons.